The van der Waals surface area contributed by atoms with Gasteiger partial charge in [-0.25, -0.2) is 13.1 Å². The minimum atomic E-state index is -3.58. The van der Waals surface area contributed by atoms with Gasteiger partial charge in [0.15, 0.2) is 5.79 Å². The summed E-state index contributed by atoms with van der Waals surface area (Å²) in [6, 6.07) is 4.81. The molecule has 1 aromatic carbocycles. The number of aryl methyl sites for hydroxylation is 1. The van der Waals surface area contributed by atoms with Gasteiger partial charge < -0.3 is 14.2 Å². The average Bonchev–Trinajstić information content (AvgIpc) is 2.96. The zero-order valence-electron chi connectivity index (χ0n) is 14.2. The molecular formula is C17H25NO5S. The molecule has 3 rings (SSSR count). The summed E-state index contributed by atoms with van der Waals surface area (Å²) in [7, 11) is -2.02. The molecule has 1 atom stereocenters. The number of sulfonamides is 1. The Morgan fingerprint density at radius 3 is 2.71 bits per heavy atom. The van der Waals surface area contributed by atoms with Crippen molar-refractivity contribution in [1.29, 1.82) is 0 Å². The summed E-state index contributed by atoms with van der Waals surface area (Å²) in [5, 5.41) is 0. The van der Waals surface area contributed by atoms with Crippen LogP contribution in [0, 0.1) is 6.92 Å². The lowest BCUT2D eigenvalue weighted by Crippen LogP contribution is -2.37. The third-order valence-corrected chi connectivity index (χ3v) is 6.13. The van der Waals surface area contributed by atoms with Gasteiger partial charge in [0.2, 0.25) is 10.0 Å². The fourth-order valence-corrected chi connectivity index (χ4v) is 4.52. The molecule has 1 aliphatic heterocycles. The second-order valence-corrected chi connectivity index (χ2v) is 8.27. The van der Waals surface area contributed by atoms with Crippen molar-refractivity contribution in [3.8, 4) is 5.75 Å². The molecule has 0 radical (unpaired) electrons. The van der Waals surface area contributed by atoms with Gasteiger partial charge >= 0.3 is 0 Å². The molecule has 1 spiro atoms. The molecule has 0 aromatic heterocycles. The molecule has 1 N–H and O–H groups in total. The van der Waals surface area contributed by atoms with E-state index in [0.29, 0.717) is 12.4 Å². The third-order valence-electron chi connectivity index (χ3n) is 4.71. The molecule has 1 heterocycles. The van der Waals surface area contributed by atoms with Gasteiger partial charge in [-0.1, -0.05) is 6.42 Å². The summed E-state index contributed by atoms with van der Waals surface area (Å²) in [6.45, 7) is 2.47. The number of methoxy groups -OCH3 is 1. The van der Waals surface area contributed by atoms with Crippen LogP contribution >= 0.6 is 0 Å². The van der Waals surface area contributed by atoms with Crippen molar-refractivity contribution in [2.75, 3.05) is 20.3 Å². The van der Waals surface area contributed by atoms with Crippen LogP contribution in [0.2, 0.25) is 0 Å². The predicted octanol–water partition coefficient (Wildman–Crippen LogP) is 2.36. The van der Waals surface area contributed by atoms with Crippen LogP contribution in [0.25, 0.3) is 0 Å². The Kier molecular flexibility index (Phi) is 5.15. The first-order valence-corrected chi connectivity index (χ1v) is 9.88. The molecule has 0 bridgehead atoms. The molecule has 2 fully saturated rings. The lowest BCUT2D eigenvalue weighted by molar-refractivity contribution is -0.186. The first kappa shape index (κ1) is 17.7. The summed E-state index contributed by atoms with van der Waals surface area (Å²) in [4.78, 5) is 0.229. The summed E-state index contributed by atoms with van der Waals surface area (Å²) < 4.78 is 44.6. The molecule has 1 saturated carbocycles. The van der Waals surface area contributed by atoms with Gasteiger partial charge in [0.1, 0.15) is 5.75 Å². The van der Waals surface area contributed by atoms with Crippen molar-refractivity contribution in [3.05, 3.63) is 23.8 Å². The van der Waals surface area contributed by atoms with E-state index in [9.17, 15) is 8.42 Å². The molecule has 1 aromatic rings. The van der Waals surface area contributed by atoms with Crippen LogP contribution < -0.4 is 9.46 Å². The largest absolute Gasteiger partial charge is 0.496 e. The molecule has 1 aliphatic carbocycles. The van der Waals surface area contributed by atoms with Crippen LogP contribution in [0.15, 0.2) is 23.1 Å². The van der Waals surface area contributed by atoms with Crippen LogP contribution in [0.5, 0.6) is 5.75 Å². The number of rotatable bonds is 5. The molecular weight excluding hydrogens is 330 g/mol. The van der Waals surface area contributed by atoms with Gasteiger partial charge in [-0.2, -0.15) is 0 Å². The number of hydrogen-bond donors (Lipinski definition) is 1. The SMILES string of the molecule is COc1ccc(S(=O)(=O)NCC2COC3(CCCCC3)O2)cc1C. The summed E-state index contributed by atoms with van der Waals surface area (Å²) in [5.74, 6) is 0.186. The van der Waals surface area contributed by atoms with E-state index in [0.717, 1.165) is 31.2 Å². The van der Waals surface area contributed by atoms with Crippen LogP contribution in [0.4, 0.5) is 0 Å². The van der Waals surface area contributed by atoms with Gasteiger partial charge in [0.25, 0.3) is 0 Å². The smallest absolute Gasteiger partial charge is 0.240 e. The number of benzene rings is 1. The number of ether oxygens (including phenoxy) is 3. The highest BCUT2D eigenvalue weighted by atomic mass is 32.2. The van der Waals surface area contributed by atoms with E-state index in [-0.39, 0.29) is 17.5 Å². The Morgan fingerprint density at radius 1 is 1.29 bits per heavy atom. The van der Waals surface area contributed by atoms with Crippen molar-refractivity contribution in [2.45, 2.75) is 55.8 Å². The Morgan fingerprint density at radius 2 is 2.04 bits per heavy atom. The van der Waals surface area contributed by atoms with Crippen molar-refractivity contribution >= 4 is 10.0 Å². The van der Waals surface area contributed by atoms with Gasteiger partial charge in [-0.05, 0) is 43.5 Å². The van der Waals surface area contributed by atoms with E-state index in [1.165, 1.54) is 6.42 Å². The quantitative estimate of drug-likeness (QED) is 0.878. The lowest BCUT2D eigenvalue weighted by atomic mass is 9.94. The maximum atomic E-state index is 12.5. The maximum absolute atomic E-state index is 12.5. The van der Waals surface area contributed by atoms with E-state index in [4.69, 9.17) is 14.2 Å². The summed E-state index contributed by atoms with van der Waals surface area (Å²) in [6.07, 6.45) is 4.97. The van der Waals surface area contributed by atoms with E-state index in [1.54, 1.807) is 25.3 Å². The molecule has 24 heavy (non-hydrogen) atoms. The van der Waals surface area contributed by atoms with Crippen molar-refractivity contribution in [2.24, 2.45) is 0 Å². The first-order chi connectivity index (χ1) is 11.4. The van der Waals surface area contributed by atoms with Crippen LogP contribution in [-0.2, 0) is 19.5 Å². The second kappa shape index (κ2) is 7.00. The molecule has 134 valence electrons. The van der Waals surface area contributed by atoms with E-state index >= 15 is 0 Å². The zero-order valence-corrected chi connectivity index (χ0v) is 15.0. The highest BCUT2D eigenvalue weighted by molar-refractivity contribution is 7.89. The second-order valence-electron chi connectivity index (χ2n) is 6.51. The molecule has 6 nitrogen and oxygen atoms in total. The van der Waals surface area contributed by atoms with Crippen molar-refractivity contribution in [1.82, 2.24) is 4.72 Å². The van der Waals surface area contributed by atoms with Crippen LogP contribution in [0.1, 0.15) is 37.7 Å². The molecule has 1 unspecified atom stereocenters. The van der Waals surface area contributed by atoms with Crippen LogP contribution in [-0.4, -0.2) is 40.6 Å². The van der Waals surface area contributed by atoms with E-state index in [1.807, 2.05) is 6.92 Å². The topological polar surface area (TPSA) is 73.9 Å². The first-order valence-electron chi connectivity index (χ1n) is 8.40. The Balaban J connectivity index is 1.60. The molecule has 7 heteroatoms. The Bertz CT molecular complexity index is 682. The zero-order chi connectivity index (χ0) is 17.2. The minimum Gasteiger partial charge on any atom is -0.496 e. The fraction of sp³-hybridized carbons (Fsp3) is 0.647. The summed E-state index contributed by atoms with van der Waals surface area (Å²) in [5.41, 5.74) is 0.780. The van der Waals surface area contributed by atoms with Crippen molar-refractivity contribution in [3.63, 3.8) is 0 Å². The van der Waals surface area contributed by atoms with Gasteiger partial charge in [-0.15, -0.1) is 0 Å². The van der Waals surface area contributed by atoms with E-state index < -0.39 is 15.8 Å². The summed E-state index contributed by atoms with van der Waals surface area (Å²) >= 11 is 0. The maximum Gasteiger partial charge on any atom is 0.240 e. The van der Waals surface area contributed by atoms with Gasteiger partial charge in [-0.3, -0.25) is 0 Å². The minimum absolute atomic E-state index is 0.217. The lowest BCUT2D eigenvalue weighted by Gasteiger charge is -2.31. The standard InChI is InChI=1S/C17H25NO5S/c1-13-10-15(6-7-16(13)21-2)24(19,20)18-11-14-12-22-17(23-14)8-4-3-5-9-17/h6-7,10,14,18H,3-5,8-9,11-12H2,1-2H3. The average molecular weight is 355 g/mol. The molecule has 2 aliphatic rings. The number of hydrogen-bond acceptors (Lipinski definition) is 5. The fourth-order valence-electron chi connectivity index (χ4n) is 3.37. The molecule has 1 saturated heterocycles. The normalized spacial score (nSPS) is 23.5. The molecule has 0 amide bonds. The predicted molar refractivity (Wildman–Crippen MR) is 89.6 cm³/mol. The Labute approximate surface area is 143 Å². The highest BCUT2D eigenvalue weighted by Crippen LogP contribution is 2.37. The third kappa shape index (κ3) is 3.74. The Hall–Kier alpha value is -1.15. The number of nitrogens with one attached hydrogen (secondary N) is 1. The van der Waals surface area contributed by atoms with E-state index in [2.05, 4.69) is 4.72 Å². The van der Waals surface area contributed by atoms with Gasteiger partial charge in [0.05, 0.1) is 24.7 Å². The van der Waals surface area contributed by atoms with Gasteiger partial charge in [0, 0.05) is 19.4 Å². The van der Waals surface area contributed by atoms with Crippen molar-refractivity contribution < 1.29 is 22.6 Å². The highest BCUT2D eigenvalue weighted by Gasteiger charge is 2.42. The monoisotopic (exact) mass is 355 g/mol. The van der Waals surface area contributed by atoms with Crippen LogP contribution in [0.3, 0.4) is 0 Å².